The van der Waals surface area contributed by atoms with E-state index in [9.17, 15) is 0 Å². The molecule has 0 aliphatic carbocycles. The third-order valence-corrected chi connectivity index (χ3v) is 2.96. The van der Waals surface area contributed by atoms with Crippen LogP contribution in [0.25, 0.3) is 0 Å². The fourth-order valence-corrected chi connectivity index (χ4v) is 2.13. The van der Waals surface area contributed by atoms with Gasteiger partial charge in [-0.05, 0) is 47.0 Å². The minimum atomic E-state index is 0.750. The van der Waals surface area contributed by atoms with E-state index in [2.05, 4.69) is 35.9 Å². The van der Waals surface area contributed by atoms with Crippen molar-refractivity contribution in [2.24, 2.45) is 0 Å². The summed E-state index contributed by atoms with van der Waals surface area (Å²) in [4.78, 5) is 0. The normalized spacial score (nSPS) is 10.2. The highest BCUT2D eigenvalue weighted by Gasteiger charge is 1.95. The van der Waals surface area contributed by atoms with Crippen molar-refractivity contribution in [1.82, 2.24) is 0 Å². The van der Waals surface area contributed by atoms with Crippen LogP contribution in [0.5, 0.6) is 5.75 Å². The van der Waals surface area contributed by atoms with E-state index in [1.54, 1.807) is 11.3 Å². The maximum atomic E-state index is 5.66. The van der Waals surface area contributed by atoms with Crippen molar-refractivity contribution >= 4 is 11.3 Å². The highest BCUT2D eigenvalue weighted by atomic mass is 32.1. The number of benzene rings is 1. The Hall–Kier alpha value is -1.28. The summed E-state index contributed by atoms with van der Waals surface area (Å²) in [5, 5.41) is 4.27. The minimum absolute atomic E-state index is 0.750. The third kappa shape index (κ3) is 3.10. The van der Waals surface area contributed by atoms with Crippen LogP contribution in [0.1, 0.15) is 11.1 Å². The summed E-state index contributed by atoms with van der Waals surface area (Å²) in [5.74, 6) is 0.963. The first kappa shape index (κ1) is 10.2. The molecule has 2 aromatic rings. The van der Waals surface area contributed by atoms with E-state index in [1.807, 2.05) is 12.1 Å². The second-order valence-corrected chi connectivity index (χ2v) is 4.33. The molecule has 0 fully saturated rings. The number of rotatable bonds is 4. The smallest absolute Gasteiger partial charge is 0.119 e. The molecule has 0 atom stereocenters. The Labute approximate surface area is 94.3 Å². The van der Waals surface area contributed by atoms with Crippen LogP contribution in [0, 0.1) is 6.92 Å². The van der Waals surface area contributed by atoms with E-state index >= 15 is 0 Å². The molecule has 15 heavy (non-hydrogen) atoms. The van der Waals surface area contributed by atoms with Gasteiger partial charge in [-0.1, -0.05) is 12.1 Å². The maximum absolute atomic E-state index is 5.66. The Morgan fingerprint density at radius 3 is 2.93 bits per heavy atom. The molecule has 0 saturated heterocycles. The van der Waals surface area contributed by atoms with Crippen molar-refractivity contribution in [1.29, 1.82) is 0 Å². The fourth-order valence-electron chi connectivity index (χ4n) is 1.43. The molecule has 0 radical (unpaired) electrons. The van der Waals surface area contributed by atoms with Crippen molar-refractivity contribution in [3.05, 3.63) is 52.2 Å². The van der Waals surface area contributed by atoms with Gasteiger partial charge in [-0.3, -0.25) is 0 Å². The van der Waals surface area contributed by atoms with Gasteiger partial charge in [-0.15, -0.1) is 0 Å². The number of hydrogen-bond donors (Lipinski definition) is 0. The Morgan fingerprint density at radius 2 is 2.20 bits per heavy atom. The number of hydrogen-bond acceptors (Lipinski definition) is 2. The van der Waals surface area contributed by atoms with E-state index < -0.39 is 0 Å². The zero-order chi connectivity index (χ0) is 10.5. The largest absolute Gasteiger partial charge is 0.493 e. The number of aryl methyl sites for hydroxylation is 1. The Balaban J connectivity index is 1.83. The summed E-state index contributed by atoms with van der Waals surface area (Å²) in [7, 11) is 0. The Kier molecular flexibility index (Phi) is 3.41. The molecule has 0 aliphatic heterocycles. The minimum Gasteiger partial charge on any atom is -0.493 e. The monoisotopic (exact) mass is 218 g/mol. The van der Waals surface area contributed by atoms with Crippen molar-refractivity contribution in [3.63, 3.8) is 0 Å². The van der Waals surface area contributed by atoms with Crippen LogP contribution < -0.4 is 4.74 Å². The lowest BCUT2D eigenvalue weighted by Crippen LogP contribution is -2.00. The zero-order valence-corrected chi connectivity index (χ0v) is 9.59. The van der Waals surface area contributed by atoms with Gasteiger partial charge < -0.3 is 4.74 Å². The molecular formula is C13H14OS. The highest BCUT2D eigenvalue weighted by molar-refractivity contribution is 7.07. The van der Waals surface area contributed by atoms with E-state index in [4.69, 9.17) is 4.74 Å². The number of ether oxygens (including phenoxy) is 1. The number of thiophene rings is 1. The van der Waals surface area contributed by atoms with E-state index in [1.165, 1.54) is 11.1 Å². The summed E-state index contributed by atoms with van der Waals surface area (Å²) in [6.07, 6.45) is 0.984. The molecule has 1 aromatic heterocycles. The average Bonchev–Trinajstić information content (AvgIpc) is 2.71. The van der Waals surface area contributed by atoms with Gasteiger partial charge in [0, 0.05) is 6.42 Å². The predicted molar refractivity (Wildman–Crippen MR) is 64.7 cm³/mol. The lowest BCUT2D eigenvalue weighted by molar-refractivity contribution is 0.322. The van der Waals surface area contributed by atoms with Gasteiger partial charge in [-0.25, -0.2) is 0 Å². The zero-order valence-electron chi connectivity index (χ0n) is 8.77. The summed E-state index contributed by atoms with van der Waals surface area (Å²) in [5.41, 5.74) is 2.59. The van der Waals surface area contributed by atoms with Crippen LogP contribution in [-0.4, -0.2) is 6.61 Å². The molecule has 78 valence electrons. The maximum Gasteiger partial charge on any atom is 0.119 e. The quantitative estimate of drug-likeness (QED) is 0.760. The summed E-state index contributed by atoms with van der Waals surface area (Å²) in [6, 6.07) is 10.3. The van der Waals surface area contributed by atoms with Crippen LogP contribution in [-0.2, 0) is 6.42 Å². The predicted octanol–water partition coefficient (Wildman–Crippen LogP) is 3.68. The molecule has 0 aliphatic rings. The van der Waals surface area contributed by atoms with Crippen molar-refractivity contribution in [3.8, 4) is 5.75 Å². The summed E-state index contributed by atoms with van der Waals surface area (Å²) >= 11 is 1.73. The first-order valence-corrected chi connectivity index (χ1v) is 5.99. The van der Waals surface area contributed by atoms with Crippen molar-refractivity contribution in [2.45, 2.75) is 13.3 Å². The van der Waals surface area contributed by atoms with Gasteiger partial charge in [0.25, 0.3) is 0 Å². The molecule has 2 rings (SSSR count). The van der Waals surface area contributed by atoms with Crippen LogP contribution in [0.3, 0.4) is 0 Å². The summed E-state index contributed by atoms with van der Waals surface area (Å²) < 4.78 is 5.66. The Bertz CT molecular complexity index is 406. The van der Waals surface area contributed by atoms with Crippen LogP contribution >= 0.6 is 11.3 Å². The summed E-state index contributed by atoms with van der Waals surface area (Å²) in [6.45, 7) is 2.83. The van der Waals surface area contributed by atoms with Crippen LogP contribution in [0.2, 0.25) is 0 Å². The van der Waals surface area contributed by atoms with Gasteiger partial charge in [0.2, 0.25) is 0 Å². The second-order valence-electron chi connectivity index (χ2n) is 3.55. The topological polar surface area (TPSA) is 9.23 Å². The van der Waals surface area contributed by atoms with Gasteiger partial charge in [0.15, 0.2) is 0 Å². The third-order valence-electron chi connectivity index (χ3n) is 2.23. The molecule has 0 spiro atoms. The second kappa shape index (κ2) is 4.99. The van der Waals surface area contributed by atoms with Gasteiger partial charge in [0.1, 0.15) is 5.75 Å². The average molecular weight is 218 g/mol. The molecule has 2 heteroatoms. The molecular weight excluding hydrogens is 204 g/mol. The molecule has 0 amide bonds. The standard InChI is InChI=1S/C13H14OS/c1-11-3-2-4-13(9-11)14-7-5-12-6-8-15-10-12/h2-4,6,8-10H,5,7H2,1H3. The Morgan fingerprint density at radius 1 is 1.27 bits per heavy atom. The molecule has 1 nitrogen and oxygen atoms in total. The lowest BCUT2D eigenvalue weighted by atomic mass is 10.2. The van der Waals surface area contributed by atoms with E-state index in [0.29, 0.717) is 0 Å². The molecule has 0 bridgehead atoms. The highest BCUT2D eigenvalue weighted by Crippen LogP contribution is 2.13. The fraction of sp³-hybridized carbons (Fsp3) is 0.231. The van der Waals surface area contributed by atoms with Crippen molar-refractivity contribution < 1.29 is 4.74 Å². The van der Waals surface area contributed by atoms with Crippen LogP contribution in [0.4, 0.5) is 0 Å². The van der Waals surface area contributed by atoms with Gasteiger partial charge in [0.05, 0.1) is 6.61 Å². The van der Waals surface area contributed by atoms with E-state index in [0.717, 1.165) is 18.8 Å². The first-order valence-electron chi connectivity index (χ1n) is 5.05. The molecule has 1 heterocycles. The first-order chi connectivity index (χ1) is 7.34. The molecule has 1 aromatic carbocycles. The SMILES string of the molecule is Cc1cccc(OCCc2ccsc2)c1. The van der Waals surface area contributed by atoms with Crippen molar-refractivity contribution in [2.75, 3.05) is 6.61 Å². The lowest BCUT2D eigenvalue weighted by Gasteiger charge is -2.05. The van der Waals surface area contributed by atoms with E-state index in [-0.39, 0.29) is 0 Å². The van der Waals surface area contributed by atoms with Crippen LogP contribution in [0.15, 0.2) is 41.1 Å². The molecule has 0 saturated carbocycles. The van der Waals surface area contributed by atoms with Gasteiger partial charge >= 0.3 is 0 Å². The molecule has 0 N–H and O–H groups in total. The van der Waals surface area contributed by atoms with Gasteiger partial charge in [-0.2, -0.15) is 11.3 Å². The molecule has 0 unspecified atom stereocenters.